The van der Waals surface area contributed by atoms with Gasteiger partial charge in [-0.3, -0.25) is 9.59 Å². The third-order valence-electron chi connectivity index (χ3n) is 3.28. The number of anilines is 1. The van der Waals surface area contributed by atoms with Crippen molar-refractivity contribution in [2.24, 2.45) is 0 Å². The molecule has 2 aromatic rings. The molecule has 10 heteroatoms. The van der Waals surface area contributed by atoms with Gasteiger partial charge in [-0.15, -0.1) is 11.3 Å². The van der Waals surface area contributed by atoms with Crippen LogP contribution in [-0.2, 0) is 24.3 Å². The summed E-state index contributed by atoms with van der Waals surface area (Å²) >= 11 is 6.64. The zero-order valence-corrected chi connectivity index (χ0v) is 16.4. The van der Waals surface area contributed by atoms with E-state index < -0.39 is 34.5 Å². The first-order chi connectivity index (χ1) is 12.2. The highest BCUT2D eigenvalue weighted by molar-refractivity contribution is 7.91. The number of ether oxygens (including phenoxy) is 1. The zero-order chi connectivity index (χ0) is 19.3. The van der Waals surface area contributed by atoms with Crippen molar-refractivity contribution >= 4 is 50.5 Å². The minimum atomic E-state index is -3.85. The van der Waals surface area contributed by atoms with Gasteiger partial charge in [0.1, 0.15) is 10.8 Å². The number of sulfonamides is 1. The largest absolute Gasteiger partial charge is 0.452 e. The first-order valence-corrected chi connectivity index (χ1v) is 10.1. The van der Waals surface area contributed by atoms with Crippen LogP contribution in [0.4, 0.5) is 5.69 Å². The van der Waals surface area contributed by atoms with E-state index in [0.717, 1.165) is 15.6 Å². The van der Waals surface area contributed by atoms with Gasteiger partial charge in [0, 0.05) is 12.7 Å². The third-order valence-corrected chi connectivity index (χ3v) is 6.79. The zero-order valence-electron chi connectivity index (χ0n) is 14.0. The smallest absolute Gasteiger partial charge is 0.322 e. The predicted molar refractivity (Wildman–Crippen MR) is 99.8 cm³/mol. The molecule has 0 aliphatic carbocycles. The minimum Gasteiger partial charge on any atom is -0.452 e. The van der Waals surface area contributed by atoms with Crippen LogP contribution < -0.4 is 5.32 Å². The summed E-state index contributed by atoms with van der Waals surface area (Å²) in [6.07, 6.45) is -1.07. The van der Waals surface area contributed by atoms with E-state index in [9.17, 15) is 18.0 Å². The lowest BCUT2D eigenvalue weighted by atomic mass is 10.3. The van der Waals surface area contributed by atoms with E-state index in [1.54, 1.807) is 30.3 Å². The number of benzene rings is 1. The van der Waals surface area contributed by atoms with E-state index >= 15 is 0 Å². The number of thiophene rings is 1. The molecule has 140 valence electrons. The quantitative estimate of drug-likeness (QED) is 0.700. The molecule has 0 saturated carbocycles. The Morgan fingerprint density at radius 2 is 1.88 bits per heavy atom. The number of carbonyl (C=O) groups is 2. The molecule has 0 spiro atoms. The number of carbonyl (C=O) groups excluding carboxylic acids is 2. The van der Waals surface area contributed by atoms with Crippen LogP contribution in [0.15, 0.2) is 46.7 Å². The number of halogens is 1. The fourth-order valence-electron chi connectivity index (χ4n) is 1.91. The predicted octanol–water partition coefficient (Wildman–Crippen LogP) is 2.59. The number of hydrogen-bond donors (Lipinski definition) is 1. The van der Waals surface area contributed by atoms with E-state index in [0.29, 0.717) is 10.0 Å². The molecule has 0 radical (unpaired) electrons. The highest BCUT2D eigenvalue weighted by atomic mass is 35.5. The van der Waals surface area contributed by atoms with Crippen LogP contribution in [0, 0.1) is 0 Å². The summed E-state index contributed by atoms with van der Waals surface area (Å²) in [6.45, 7) is 0.879. The number of likely N-dealkylation sites (N-methyl/N-ethyl adjacent to an activating group) is 1. The molecule has 0 saturated heterocycles. The Bertz CT molecular complexity index is 883. The molecule has 2 rings (SSSR count). The molecule has 0 aliphatic heterocycles. The monoisotopic (exact) mass is 416 g/mol. The third kappa shape index (κ3) is 5.28. The molecule has 1 heterocycles. The Hall–Kier alpha value is -1.94. The maximum atomic E-state index is 12.3. The fraction of sp³-hybridized carbons (Fsp3) is 0.250. The van der Waals surface area contributed by atoms with Crippen LogP contribution in [-0.4, -0.2) is 44.3 Å². The van der Waals surface area contributed by atoms with Gasteiger partial charge in [-0.1, -0.05) is 29.8 Å². The summed E-state index contributed by atoms with van der Waals surface area (Å²) in [5.41, 5.74) is 0.565. The summed E-state index contributed by atoms with van der Waals surface area (Å²) in [6, 6.07) is 11.5. The van der Waals surface area contributed by atoms with Crippen molar-refractivity contribution in [2.45, 2.75) is 17.2 Å². The second-order valence-electron chi connectivity index (χ2n) is 5.31. The number of nitrogens with zero attached hydrogens (tertiary/aromatic N) is 1. The molecule has 1 N–H and O–H groups in total. The number of esters is 1. The van der Waals surface area contributed by atoms with Crippen molar-refractivity contribution in [3.63, 3.8) is 0 Å². The molecule has 1 amide bonds. The number of amides is 1. The number of para-hydroxylation sites is 1. The van der Waals surface area contributed by atoms with Crippen LogP contribution in [0.3, 0.4) is 0 Å². The summed E-state index contributed by atoms with van der Waals surface area (Å²) in [4.78, 5) is 24.0. The molecule has 26 heavy (non-hydrogen) atoms. The summed E-state index contributed by atoms with van der Waals surface area (Å²) in [7, 11) is -2.60. The molecule has 1 atom stereocenters. The van der Waals surface area contributed by atoms with Crippen molar-refractivity contribution in [3.8, 4) is 0 Å². The maximum absolute atomic E-state index is 12.3. The first-order valence-electron chi connectivity index (χ1n) is 7.47. The lowest BCUT2D eigenvalue weighted by Gasteiger charge is -2.17. The lowest BCUT2D eigenvalue weighted by Crippen LogP contribution is -2.36. The van der Waals surface area contributed by atoms with Gasteiger partial charge in [0.2, 0.25) is 0 Å². The second-order valence-corrected chi connectivity index (χ2v) is 9.29. The van der Waals surface area contributed by atoms with E-state index in [1.807, 2.05) is 0 Å². The van der Waals surface area contributed by atoms with E-state index in [4.69, 9.17) is 16.3 Å². The summed E-state index contributed by atoms with van der Waals surface area (Å²) in [5.74, 6) is -1.35. The molecule has 0 bridgehead atoms. The van der Waals surface area contributed by atoms with Gasteiger partial charge < -0.3 is 10.1 Å². The highest BCUT2D eigenvalue weighted by Crippen LogP contribution is 2.27. The van der Waals surface area contributed by atoms with Crippen LogP contribution >= 0.6 is 22.9 Å². The molecule has 1 aromatic carbocycles. The Balaban J connectivity index is 1.92. The normalized spacial score (nSPS) is 12.6. The van der Waals surface area contributed by atoms with Gasteiger partial charge in [-0.25, -0.2) is 8.42 Å². The van der Waals surface area contributed by atoms with Crippen molar-refractivity contribution in [1.29, 1.82) is 0 Å². The molecule has 7 nitrogen and oxygen atoms in total. The van der Waals surface area contributed by atoms with Crippen LogP contribution in [0.25, 0.3) is 0 Å². The molecule has 0 aliphatic rings. The second kappa shape index (κ2) is 8.63. The Morgan fingerprint density at radius 1 is 1.23 bits per heavy atom. The Morgan fingerprint density at radius 3 is 2.46 bits per heavy atom. The standard InChI is InChI=1S/C16H17ClN2O5S2/c1-11(16(21)18-12-6-4-3-5-7-12)24-14(20)10-19(2)26(22,23)15-9-8-13(17)25-15/h3-9,11H,10H2,1-2H3,(H,18,21)/t11-/m1/s1. The Labute approximate surface area is 160 Å². The van der Waals surface area contributed by atoms with Crippen LogP contribution in [0.5, 0.6) is 0 Å². The van der Waals surface area contributed by atoms with Crippen molar-refractivity contribution in [2.75, 3.05) is 18.9 Å². The van der Waals surface area contributed by atoms with E-state index in [-0.39, 0.29) is 4.21 Å². The summed E-state index contributed by atoms with van der Waals surface area (Å²) < 4.78 is 30.9. The minimum absolute atomic E-state index is 0.0210. The highest BCUT2D eigenvalue weighted by Gasteiger charge is 2.27. The van der Waals surface area contributed by atoms with E-state index in [1.165, 1.54) is 26.1 Å². The van der Waals surface area contributed by atoms with Crippen LogP contribution in [0.2, 0.25) is 4.34 Å². The van der Waals surface area contributed by atoms with Gasteiger partial charge in [-0.2, -0.15) is 4.31 Å². The number of rotatable bonds is 7. The molecule has 0 fully saturated rings. The van der Waals surface area contributed by atoms with Crippen LogP contribution in [0.1, 0.15) is 6.92 Å². The SMILES string of the molecule is C[C@@H](OC(=O)CN(C)S(=O)(=O)c1ccc(Cl)s1)C(=O)Nc1ccccc1. The average Bonchev–Trinajstić information content (AvgIpc) is 3.02. The summed E-state index contributed by atoms with van der Waals surface area (Å²) in [5, 5.41) is 2.60. The molecular formula is C16H17ClN2O5S2. The number of nitrogens with one attached hydrogen (secondary N) is 1. The number of hydrogen-bond acceptors (Lipinski definition) is 6. The van der Waals surface area contributed by atoms with Gasteiger partial charge in [0.05, 0.1) is 4.34 Å². The first kappa shape index (κ1) is 20.4. The van der Waals surface area contributed by atoms with Crippen molar-refractivity contribution in [3.05, 3.63) is 46.8 Å². The van der Waals surface area contributed by atoms with Crippen molar-refractivity contribution < 1.29 is 22.7 Å². The maximum Gasteiger partial charge on any atom is 0.322 e. The lowest BCUT2D eigenvalue weighted by molar-refractivity contribution is -0.153. The van der Waals surface area contributed by atoms with Gasteiger partial charge in [0.15, 0.2) is 6.10 Å². The topological polar surface area (TPSA) is 92.8 Å². The molecule has 1 aromatic heterocycles. The molecule has 0 unspecified atom stereocenters. The van der Waals surface area contributed by atoms with Gasteiger partial charge in [-0.05, 0) is 31.2 Å². The molecular weight excluding hydrogens is 400 g/mol. The van der Waals surface area contributed by atoms with E-state index in [2.05, 4.69) is 5.32 Å². The van der Waals surface area contributed by atoms with Crippen molar-refractivity contribution in [1.82, 2.24) is 4.31 Å². The van der Waals surface area contributed by atoms with Gasteiger partial charge >= 0.3 is 5.97 Å². The van der Waals surface area contributed by atoms with Gasteiger partial charge in [0.25, 0.3) is 15.9 Å². The fourth-order valence-corrected chi connectivity index (χ4v) is 4.72. The average molecular weight is 417 g/mol. The Kier molecular flexibility index (Phi) is 6.76.